The number of benzene rings is 2. The number of carbonyl (C=O) groups is 2. The average molecular weight is 559 g/mol. The van der Waals surface area contributed by atoms with E-state index in [1.165, 1.54) is 0 Å². The van der Waals surface area contributed by atoms with E-state index in [0.717, 1.165) is 60.2 Å². The van der Waals surface area contributed by atoms with Crippen molar-refractivity contribution in [3.63, 3.8) is 0 Å². The molecule has 4 rings (SSSR count). The number of halogens is 3. The molecule has 216 valence electrons. The van der Waals surface area contributed by atoms with Gasteiger partial charge in [-0.1, -0.05) is 25.5 Å². The predicted octanol–water partition coefficient (Wildman–Crippen LogP) is 7.55. The molecule has 0 spiro atoms. The summed E-state index contributed by atoms with van der Waals surface area (Å²) in [6, 6.07) is 9.01. The third-order valence-corrected chi connectivity index (χ3v) is 7.81. The second-order valence-electron chi connectivity index (χ2n) is 11.0. The van der Waals surface area contributed by atoms with E-state index in [1.54, 1.807) is 36.9 Å². The van der Waals surface area contributed by atoms with Gasteiger partial charge >= 0.3 is 12.3 Å². The molecule has 6 nitrogen and oxygen atoms in total. The number of aryl methyl sites for hydroxylation is 1. The Morgan fingerprint density at radius 2 is 1.85 bits per heavy atom. The highest BCUT2D eigenvalue weighted by molar-refractivity contribution is 5.95. The van der Waals surface area contributed by atoms with Crippen LogP contribution in [-0.2, 0) is 15.7 Å². The largest absolute Gasteiger partial charge is 0.496 e. The molecule has 0 radical (unpaired) electrons. The van der Waals surface area contributed by atoms with Gasteiger partial charge in [0.05, 0.1) is 18.7 Å². The van der Waals surface area contributed by atoms with Crippen molar-refractivity contribution >= 4 is 23.3 Å². The normalized spacial score (nSPS) is 19.8. The van der Waals surface area contributed by atoms with Gasteiger partial charge in [0.2, 0.25) is 5.91 Å². The first-order valence-corrected chi connectivity index (χ1v) is 13.6. The van der Waals surface area contributed by atoms with E-state index in [2.05, 4.69) is 0 Å². The molecule has 1 aliphatic carbocycles. The minimum atomic E-state index is -4.49. The summed E-state index contributed by atoms with van der Waals surface area (Å²) in [5, 5.41) is 0. The number of allylic oxidation sites excluding steroid dienone is 1. The van der Waals surface area contributed by atoms with Gasteiger partial charge in [0.25, 0.3) is 0 Å². The third kappa shape index (κ3) is 5.98. The first-order chi connectivity index (χ1) is 18.8. The molecule has 0 aromatic heterocycles. The molecular weight excluding hydrogens is 521 g/mol. The van der Waals surface area contributed by atoms with Crippen LogP contribution < -0.4 is 9.64 Å². The van der Waals surface area contributed by atoms with Crippen molar-refractivity contribution in [2.24, 2.45) is 5.92 Å². The molecule has 2 atom stereocenters. The molecule has 2 aliphatic rings. The van der Waals surface area contributed by atoms with Crippen LogP contribution in [0.25, 0.3) is 5.57 Å². The minimum Gasteiger partial charge on any atom is -0.496 e. The van der Waals surface area contributed by atoms with E-state index in [-0.39, 0.29) is 11.8 Å². The monoisotopic (exact) mass is 558 g/mol. The van der Waals surface area contributed by atoms with Crippen LogP contribution in [0.3, 0.4) is 0 Å². The molecule has 1 heterocycles. The van der Waals surface area contributed by atoms with Crippen LogP contribution >= 0.6 is 0 Å². The standard InChI is InChI=1S/C31H37F3N2O4/c1-18(2)29(37)35(5)24-11-12-27(39-6)26(16-24)25-10-8-7-9-21(25)17-36-20(4)28(40-30(36)38)22-13-19(3)14-23(15-22)31(32,33)34/h11-16,18,20,28H,7-10,17H2,1-6H3/t20-,28-/m0/s1. The molecule has 2 aromatic rings. The van der Waals surface area contributed by atoms with Crippen molar-refractivity contribution in [1.29, 1.82) is 0 Å². The van der Waals surface area contributed by atoms with E-state index in [4.69, 9.17) is 9.47 Å². The molecule has 1 aliphatic heterocycles. The number of hydrogen-bond acceptors (Lipinski definition) is 4. The molecule has 0 saturated carbocycles. The van der Waals surface area contributed by atoms with E-state index < -0.39 is 30.0 Å². The summed E-state index contributed by atoms with van der Waals surface area (Å²) >= 11 is 0. The second-order valence-corrected chi connectivity index (χ2v) is 11.0. The van der Waals surface area contributed by atoms with Crippen molar-refractivity contribution < 1.29 is 32.2 Å². The smallest absolute Gasteiger partial charge is 0.416 e. The van der Waals surface area contributed by atoms with Crippen molar-refractivity contribution in [2.45, 2.75) is 71.7 Å². The van der Waals surface area contributed by atoms with Crippen LogP contribution in [0.1, 0.15) is 74.8 Å². The number of cyclic esters (lactones) is 1. The molecule has 1 saturated heterocycles. The van der Waals surface area contributed by atoms with Gasteiger partial charge in [-0.15, -0.1) is 0 Å². The summed E-state index contributed by atoms with van der Waals surface area (Å²) in [4.78, 5) is 28.9. The van der Waals surface area contributed by atoms with Gasteiger partial charge < -0.3 is 14.4 Å². The molecule has 2 amide bonds. The average Bonchev–Trinajstić information content (AvgIpc) is 3.19. The Bertz CT molecular complexity index is 1320. The Hall–Kier alpha value is -3.49. The number of amides is 2. The molecule has 0 N–H and O–H groups in total. The lowest BCUT2D eigenvalue weighted by molar-refractivity contribution is -0.137. The van der Waals surface area contributed by atoms with Crippen LogP contribution in [0.5, 0.6) is 5.75 Å². The van der Waals surface area contributed by atoms with E-state index >= 15 is 0 Å². The van der Waals surface area contributed by atoms with Gasteiger partial charge in [-0.2, -0.15) is 13.2 Å². The van der Waals surface area contributed by atoms with E-state index in [0.29, 0.717) is 23.4 Å². The van der Waals surface area contributed by atoms with Gasteiger partial charge in [-0.25, -0.2) is 4.79 Å². The highest BCUT2D eigenvalue weighted by atomic mass is 19.4. The van der Waals surface area contributed by atoms with Crippen molar-refractivity contribution in [1.82, 2.24) is 4.90 Å². The lowest BCUT2D eigenvalue weighted by atomic mass is 9.86. The number of anilines is 1. The Morgan fingerprint density at radius 1 is 1.15 bits per heavy atom. The zero-order valence-electron chi connectivity index (χ0n) is 23.9. The fraction of sp³-hybridized carbons (Fsp3) is 0.484. The van der Waals surface area contributed by atoms with E-state index in [1.807, 2.05) is 39.0 Å². The number of nitrogens with zero attached hydrogens (tertiary/aromatic N) is 2. The van der Waals surface area contributed by atoms with Gasteiger partial charge in [0, 0.05) is 30.8 Å². The summed E-state index contributed by atoms with van der Waals surface area (Å²) < 4.78 is 51.7. The Morgan fingerprint density at radius 3 is 2.50 bits per heavy atom. The molecule has 9 heteroatoms. The topological polar surface area (TPSA) is 59.1 Å². The van der Waals surface area contributed by atoms with E-state index in [9.17, 15) is 22.8 Å². The first kappa shape index (κ1) is 29.5. The molecular formula is C31H37F3N2O4. The summed E-state index contributed by atoms with van der Waals surface area (Å²) in [5.74, 6) is 0.521. The molecule has 0 bridgehead atoms. The number of methoxy groups -OCH3 is 1. The van der Waals surface area contributed by atoms with Crippen molar-refractivity contribution in [3.8, 4) is 5.75 Å². The van der Waals surface area contributed by atoms with Crippen LogP contribution in [0.15, 0.2) is 42.0 Å². The minimum absolute atomic E-state index is 0.00141. The Kier molecular flexibility index (Phi) is 8.52. The highest BCUT2D eigenvalue weighted by Gasteiger charge is 2.41. The summed E-state index contributed by atoms with van der Waals surface area (Å²) in [5.41, 5.74) is 3.79. The van der Waals surface area contributed by atoms with Crippen molar-refractivity contribution in [2.75, 3.05) is 25.6 Å². The highest BCUT2D eigenvalue weighted by Crippen LogP contribution is 2.42. The summed E-state index contributed by atoms with van der Waals surface area (Å²) in [6.45, 7) is 7.43. The van der Waals surface area contributed by atoms with Gasteiger partial charge in [0.1, 0.15) is 11.9 Å². The maximum absolute atomic E-state index is 13.5. The van der Waals surface area contributed by atoms with Crippen molar-refractivity contribution in [3.05, 3.63) is 64.2 Å². The fourth-order valence-corrected chi connectivity index (χ4v) is 5.63. The lowest BCUT2D eigenvalue weighted by Gasteiger charge is -2.28. The second kappa shape index (κ2) is 11.6. The molecule has 1 fully saturated rings. The number of hydrogen-bond donors (Lipinski definition) is 0. The van der Waals surface area contributed by atoms with Crippen LogP contribution in [0.4, 0.5) is 23.7 Å². The molecule has 40 heavy (non-hydrogen) atoms. The van der Waals surface area contributed by atoms with Crippen LogP contribution in [0.2, 0.25) is 0 Å². The molecule has 2 aromatic carbocycles. The number of rotatable bonds is 7. The van der Waals surface area contributed by atoms with Gasteiger partial charge in [-0.05, 0) is 86.6 Å². The number of alkyl halides is 3. The molecule has 0 unspecified atom stereocenters. The quantitative estimate of drug-likeness (QED) is 0.352. The van der Waals surface area contributed by atoms with Crippen LogP contribution in [-0.4, -0.2) is 43.6 Å². The van der Waals surface area contributed by atoms with Gasteiger partial charge in [-0.3, -0.25) is 9.69 Å². The number of carbonyl (C=O) groups excluding carboxylic acids is 2. The summed E-state index contributed by atoms with van der Waals surface area (Å²) in [7, 11) is 3.35. The predicted molar refractivity (Wildman–Crippen MR) is 148 cm³/mol. The first-order valence-electron chi connectivity index (χ1n) is 13.6. The lowest BCUT2D eigenvalue weighted by Crippen LogP contribution is -2.34. The van der Waals surface area contributed by atoms with Gasteiger partial charge in [0.15, 0.2) is 0 Å². The fourth-order valence-electron chi connectivity index (χ4n) is 5.63. The number of ether oxygens (including phenoxy) is 2. The Labute approximate surface area is 233 Å². The SMILES string of the molecule is COc1ccc(N(C)C(=O)C(C)C)cc1C1=C(CN2C(=O)O[C@H](c3cc(C)cc(C(F)(F)F)c3)[C@@H]2C)CCCC1. The zero-order chi connectivity index (χ0) is 29.4. The summed E-state index contributed by atoms with van der Waals surface area (Å²) in [6.07, 6.45) is -2.37. The maximum Gasteiger partial charge on any atom is 0.416 e. The third-order valence-electron chi connectivity index (χ3n) is 7.81. The Balaban J connectivity index is 1.67. The maximum atomic E-state index is 13.5. The zero-order valence-corrected chi connectivity index (χ0v) is 23.9. The van der Waals surface area contributed by atoms with Crippen LogP contribution in [0, 0.1) is 12.8 Å².